The molecular formula is C13H16O2. The molecule has 80 valence electrons. The van der Waals surface area contributed by atoms with Crippen molar-refractivity contribution in [3.8, 4) is 0 Å². The van der Waals surface area contributed by atoms with Crippen LogP contribution in [0.15, 0.2) is 24.3 Å². The molecule has 0 heterocycles. The summed E-state index contributed by atoms with van der Waals surface area (Å²) in [5.41, 5.74) is 0. The largest absolute Gasteiger partial charge is 0.458 e. The van der Waals surface area contributed by atoms with Gasteiger partial charge in [0.1, 0.15) is 6.10 Å². The Morgan fingerprint density at radius 2 is 1.93 bits per heavy atom. The van der Waals surface area contributed by atoms with E-state index in [0.29, 0.717) is 11.8 Å². The van der Waals surface area contributed by atoms with Crippen molar-refractivity contribution in [1.29, 1.82) is 0 Å². The van der Waals surface area contributed by atoms with Gasteiger partial charge in [0.15, 0.2) is 0 Å². The average Bonchev–Trinajstić information content (AvgIpc) is 2.76. The predicted octanol–water partition coefficient (Wildman–Crippen LogP) is 2.32. The van der Waals surface area contributed by atoms with E-state index in [9.17, 15) is 4.79 Å². The van der Waals surface area contributed by atoms with Crippen molar-refractivity contribution < 1.29 is 9.53 Å². The second kappa shape index (κ2) is 3.22. The molecule has 1 saturated carbocycles. The molecule has 0 N–H and O–H groups in total. The monoisotopic (exact) mass is 204 g/mol. The molecule has 1 fully saturated rings. The van der Waals surface area contributed by atoms with Crippen LogP contribution in [0.4, 0.5) is 0 Å². The fourth-order valence-corrected chi connectivity index (χ4v) is 3.48. The van der Waals surface area contributed by atoms with Crippen LogP contribution < -0.4 is 0 Å². The molecule has 3 rings (SSSR count). The summed E-state index contributed by atoms with van der Waals surface area (Å²) in [7, 11) is 0. The summed E-state index contributed by atoms with van der Waals surface area (Å²) in [6.07, 6.45) is 11.4. The number of allylic oxidation sites excluding steroid dienone is 3. The molecule has 0 radical (unpaired) electrons. The second-order valence-electron chi connectivity index (χ2n) is 4.96. The molecule has 15 heavy (non-hydrogen) atoms. The first-order valence-electron chi connectivity index (χ1n) is 5.78. The topological polar surface area (TPSA) is 26.3 Å². The zero-order chi connectivity index (χ0) is 10.4. The first-order valence-corrected chi connectivity index (χ1v) is 5.78. The lowest BCUT2D eigenvalue weighted by molar-refractivity contribution is -0.145. The van der Waals surface area contributed by atoms with Gasteiger partial charge in [-0.15, -0.1) is 0 Å². The summed E-state index contributed by atoms with van der Waals surface area (Å²) in [6, 6.07) is 0. The van der Waals surface area contributed by atoms with E-state index in [1.807, 2.05) is 0 Å². The molecule has 0 spiro atoms. The maximum Gasteiger partial charge on any atom is 0.303 e. The molecule has 3 aliphatic carbocycles. The van der Waals surface area contributed by atoms with Gasteiger partial charge in [0.25, 0.3) is 0 Å². The zero-order valence-electron chi connectivity index (χ0n) is 8.93. The Hall–Kier alpha value is -1.05. The number of carbonyl (C=O) groups is 1. The Morgan fingerprint density at radius 3 is 2.73 bits per heavy atom. The van der Waals surface area contributed by atoms with E-state index in [4.69, 9.17) is 4.74 Å². The van der Waals surface area contributed by atoms with E-state index in [1.54, 1.807) is 0 Å². The highest BCUT2D eigenvalue weighted by Crippen LogP contribution is 2.52. The third-order valence-corrected chi connectivity index (χ3v) is 4.06. The molecule has 0 aromatic heterocycles. The van der Waals surface area contributed by atoms with Crippen LogP contribution in [0.1, 0.15) is 19.8 Å². The Labute approximate surface area is 90.0 Å². The fraction of sp³-hybridized carbons (Fsp3) is 0.615. The van der Waals surface area contributed by atoms with Gasteiger partial charge in [0, 0.05) is 6.92 Å². The number of hydrogen-bond donors (Lipinski definition) is 0. The molecule has 2 nitrogen and oxygen atoms in total. The second-order valence-corrected chi connectivity index (χ2v) is 4.96. The van der Waals surface area contributed by atoms with Crippen LogP contribution >= 0.6 is 0 Å². The summed E-state index contributed by atoms with van der Waals surface area (Å²) in [5, 5.41) is 0. The van der Waals surface area contributed by atoms with E-state index in [0.717, 1.165) is 18.3 Å². The number of fused-ring (bicyclic) bond motifs is 5. The van der Waals surface area contributed by atoms with E-state index >= 15 is 0 Å². The Morgan fingerprint density at radius 1 is 1.13 bits per heavy atom. The van der Waals surface area contributed by atoms with Crippen LogP contribution in [0.25, 0.3) is 0 Å². The summed E-state index contributed by atoms with van der Waals surface area (Å²) in [6.45, 7) is 1.49. The van der Waals surface area contributed by atoms with Gasteiger partial charge in [-0.2, -0.15) is 0 Å². The highest BCUT2D eigenvalue weighted by atomic mass is 16.5. The van der Waals surface area contributed by atoms with Crippen molar-refractivity contribution in [1.82, 2.24) is 0 Å². The van der Waals surface area contributed by atoms with E-state index in [-0.39, 0.29) is 12.1 Å². The highest BCUT2D eigenvalue weighted by Gasteiger charge is 2.45. The molecule has 0 aromatic carbocycles. The number of ether oxygens (including phenoxy) is 1. The molecule has 5 unspecified atom stereocenters. The number of esters is 1. The van der Waals surface area contributed by atoms with Crippen molar-refractivity contribution in [3.63, 3.8) is 0 Å². The van der Waals surface area contributed by atoms with Gasteiger partial charge in [0.05, 0.1) is 0 Å². The van der Waals surface area contributed by atoms with E-state index < -0.39 is 0 Å². The molecule has 0 aromatic rings. The molecule has 3 aliphatic rings. The number of hydrogen-bond acceptors (Lipinski definition) is 2. The van der Waals surface area contributed by atoms with Gasteiger partial charge >= 0.3 is 5.97 Å². The molecule has 0 amide bonds. The maximum absolute atomic E-state index is 10.9. The van der Waals surface area contributed by atoms with Crippen LogP contribution in [-0.4, -0.2) is 12.1 Å². The van der Waals surface area contributed by atoms with Crippen LogP contribution in [-0.2, 0) is 9.53 Å². The molecule has 0 saturated heterocycles. The summed E-state index contributed by atoms with van der Waals surface area (Å²) in [5.74, 6) is 2.76. The molecule has 0 aliphatic heterocycles. The van der Waals surface area contributed by atoms with Crippen LogP contribution in [0.2, 0.25) is 0 Å². The van der Waals surface area contributed by atoms with Crippen molar-refractivity contribution in [2.45, 2.75) is 25.9 Å². The zero-order valence-corrected chi connectivity index (χ0v) is 8.93. The number of carbonyl (C=O) groups excluding carboxylic acids is 1. The normalized spacial score (nSPS) is 45.5. The third kappa shape index (κ3) is 1.43. The highest BCUT2D eigenvalue weighted by molar-refractivity contribution is 5.66. The standard InChI is InChI=1S/C13H16O2/c1-8(14)15-11-4-5-12-9-2-3-10(6-9)13(12)7-11/h2-5,9-13H,6-7H2,1H3. The van der Waals surface area contributed by atoms with Crippen LogP contribution in [0.3, 0.4) is 0 Å². The van der Waals surface area contributed by atoms with Gasteiger partial charge in [-0.1, -0.05) is 18.2 Å². The fourth-order valence-electron chi connectivity index (χ4n) is 3.48. The molecule has 5 atom stereocenters. The lowest BCUT2D eigenvalue weighted by Gasteiger charge is -2.32. The summed E-state index contributed by atoms with van der Waals surface area (Å²) >= 11 is 0. The maximum atomic E-state index is 10.9. The van der Waals surface area contributed by atoms with Gasteiger partial charge in [0.2, 0.25) is 0 Å². The minimum Gasteiger partial charge on any atom is -0.458 e. The SMILES string of the molecule is CC(=O)OC1C=CC2C3C=CC(C3)C2C1. The number of rotatable bonds is 1. The van der Waals surface area contributed by atoms with Crippen molar-refractivity contribution in [2.24, 2.45) is 23.7 Å². The first-order chi connectivity index (χ1) is 7.24. The van der Waals surface area contributed by atoms with Gasteiger partial charge in [-0.05, 0) is 42.6 Å². The van der Waals surface area contributed by atoms with Crippen molar-refractivity contribution in [2.75, 3.05) is 0 Å². The lowest BCUT2D eigenvalue weighted by Crippen LogP contribution is -2.29. The van der Waals surface area contributed by atoms with Gasteiger partial charge < -0.3 is 4.74 Å². The Balaban J connectivity index is 1.75. The lowest BCUT2D eigenvalue weighted by atomic mass is 9.76. The molecular weight excluding hydrogens is 188 g/mol. The van der Waals surface area contributed by atoms with Gasteiger partial charge in [-0.25, -0.2) is 0 Å². The minimum absolute atomic E-state index is 0.0245. The average molecular weight is 204 g/mol. The van der Waals surface area contributed by atoms with Crippen LogP contribution in [0.5, 0.6) is 0 Å². The Bertz CT molecular complexity index is 342. The quantitative estimate of drug-likeness (QED) is 0.484. The predicted molar refractivity (Wildman–Crippen MR) is 57.0 cm³/mol. The smallest absolute Gasteiger partial charge is 0.303 e. The van der Waals surface area contributed by atoms with Crippen molar-refractivity contribution >= 4 is 5.97 Å². The Kier molecular flexibility index (Phi) is 1.98. The first kappa shape index (κ1) is 9.20. The van der Waals surface area contributed by atoms with Gasteiger partial charge in [-0.3, -0.25) is 4.79 Å². The molecule has 2 heteroatoms. The summed E-state index contributed by atoms with van der Waals surface area (Å²) in [4.78, 5) is 10.9. The molecule has 2 bridgehead atoms. The van der Waals surface area contributed by atoms with E-state index in [2.05, 4.69) is 24.3 Å². The van der Waals surface area contributed by atoms with Crippen LogP contribution in [0, 0.1) is 23.7 Å². The minimum atomic E-state index is -0.165. The summed E-state index contributed by atoms with van der Waals surface area (Å²) < 4.78 is 5.26. The van der Waals surface area contributed by atoms with E-state index in [1.165, 1.54) is 13.3 Å². The van der Waals surface area contributed by atoms with Crippen molar-refractivity contribution in [3.05, 3.63) is 24.3 Å². The third-order valence-electron chi connectivity index (χ3n) is 4.06.